The Morgan fingerprint density at radius 3 is 2.42 bits per heavy atom. The molecule has 0 saturated carbocycles. The predicted molar refractivity (Wildman–Crippen MR) is 91.6 cm³/mol. The first kappa shape index (κ1) is 18.0. The van der Waals surface area contributed by atoms with Gasteiger partial charge in [-0.05, 0) is 45.7 Å². The number of nitrogen functional groups attached to an aromatic ring is 1. The molecule has 2 amide bonds. The molecule has 24 heavy (non-hydrogen) atoms. The Labute approximate surface area is 142 Å². The highest BCUT2D eigenvalue weighted by molar-refractivity contribution is 5.94. The van der Waals surface area contributed by atoms with E-state index >= 15 is 0 Å². The molecule has 0 bridgehead atoms. The van der Waals surface area contributed by atoms with Crippen molar-refractivity contribution in [3.05, 3.63) is 23.9 Å². The van der Waals surface area contributed by atoms with Gasteiger partial charge in [-0.15, -0.1) is 0 Å². The van der Waals surface area contributed by atoms with Crippen LogP contribution in [0.3, 0.4) is 0 Å². The van der Waals surface area contributed by atoms with Gasteiger partial charge in [-0.3, -0.25) is 4.79 Å². The summed E-state index contributed by atoms with van der Waals surface area (Å²) < 4.78 is 5.39. The number of pyridine rings is 1. The SMILES string of the molecule is CN(C(=O)c1ccc(N)nc1)C1CCN(C(=O)OC(C)(C)C)CC1. The molecular formula is C17H26N4O3. The second kappa shape index (κ2) is 7.07. The van der Waals surface area contributed by atoms with Crippen molar-refractivity contribution in [1.29, 1.82) is 0 Å². The number of nitrogens with zero attached hydrogens (tertiary/aromatic N) is 3. The molecule has 7 nitrogen and oxygen atoms in total. The maximum absolute atomic E-state index is 12.5. The van der Waals surface area contributed by atoms with Crippen molar-refractivity contribution in [3.8, 4) is 0 Å². The van der Waals surface area contributed by atoms with Gasteiger partial charge in [0, 0.05) is 32.4 Å². The zero-order chi connectivity index (χ0) is 17.9. The summed E-state index contributed by atoms with van der Waals surface area (Å²) in [7, 11) is 1.78. The molecule has 0 radical (unpaired) electrons. The highest BCUT2D eigenvalue weighted by Gasteiger charge is 2.30. The lowest BCUT2D eigenvalue weighted by molar-refractivity contribution is 0.0160. The summed E-state index contributed by atoms with van der Waals surface area (Å²) in [6.07, 6.45) is 2.65. The standard InChI is InChI=1S/C17H26N4O3/c1-17(2,3)24-16(23)21-9-7-13(8-10-21)20(4)15(22)12-5-6-14(18)19-11-12/h5-6,11,13H,7-10H2,1-4H3,(H2,18,19). The lowest BCUT2D eigenvalue weighted by Gasteiger charge is -2.37. The van der Waals surface area contributed by atoms with Crippen LogP contribution in [-0.4, -0.2) is 58.6 Å². The number of rotatable bonds is 2. The molecule has 2 heterocycles. The Kier molecular flexibility index (Phi) is 5.31. The molecule has 1 aliphatic rings. The van der Waals surface area contributed by atoms with Crippen molar-refractivity contribution in [2.45, 2.75) is 45.3 Å². The van der Waals surface area contributed by atoms with E-state index in [2.05, 4.69) is 4.98 Å². The summed E-state index contributed by atoms with van der Waals surface area (Å²) in [5, 5.41) is 0. The summed E-state index contributed by atoms with van der Waals surface area (Å²) in [5.74, 6) is 0.304. The van der Waals surface area contributed by atoms with E-state index in [0.29, 0.717) is 24.5 Å². The van der Waals surface area contributed by atoms with Gasteiger partial charge >= 0.3 is 6.09 Å². The lowest BCUT2D eigenvalue weighted by atomic mass is 10.0. The number of carbonyl (C=O) groups is 2. The molecule has 132 valence electrons. The van der Waals surface area contributed by atoms with Crippen LogP contribution in [0.15, 0.2) is 18.3 Å². The highest BCUT2D eigenvalue weighted by Crippen LogP contribution is 2.20. The van der Waals surface area contributed by atoms with Crippen LogP contribution in [0, 0.1) is 0 Å². The summed E-state index contributed by atoms with van der Waals surface area (Å²) >= 11 is 0. The minimum absolute atomic E-state index is 0.0850. The average molecular weight is 334 g/mol. The van der Waals surface area contributed by atoms with Gasteiger partial charge in [0.05, 0.1) is 5.56 Å². The summed E-state index contributed by atoms with van der Waals surface area (Å²) in [6.45, 7) is 6.72. The molecule has 0 aromatic carbocycles. The number of aromatic nitrogens is 1. The van der Waals surface area contributed by atoms with Crippen LogP contribution in [-0.2, 0) is 4.74 Å². The molecule has 0 aliphatic carbocycles. The number of hydrogen-bond acceptors (Lipinski definition) is 5. The zero-order valence-electron chi connectivity index (χ0n) is 14.8. The summed E-state index contributed by atoms with van der Waals surface area (Å²) in [6, 6.07) is 3.39. The van der Waals surface area contributed by atoms with Crippen LogP contribution in [0.5, 0.6) is 0 Å². The van der Waals surface area contributed by atoms with Crippen molar-refractivity contribution >= 4 is 17.8 Å². The molecule has 0 atom stereocenters. The third kappa shape index (κ3) is 4.59. The summed E-state index contributed by atoms with van der Waals surface area (Å²) in [5.41, 5.74) is 5.57. The van der Waals surface area contributed by atoms with Gasteiger partial charge in [-0.25, -0.2) is 9.78 Å². The van der Waals surface area contributed by atoms with Crippen molar-refractivity contribution in [2.24, 2.45) is 0 Å². The minimum atomic E-state index is -0.497. The van der Waals surface area contributed by atoms with Crippen molar-refractivity contribution in [1.82, 2.24) is 14.8 Å². The molecular weight excluding hydrogens is 308 g/mol. The van der Waals surface area contributed by atoms with Gasteiger partial charge in [-0.2, -0.15) is 0 Å². The topological polar surface area (TPSA) is 88.8 Å². The molecule has 0 unspecified atom stereocenters. The van der Waals surface area contributed by atoms with Crippen molar-refractivity contribution in [2.75, 3.05) is 25.9 Å². The number of likely N-dealkylation sites (tertiary alicyclic amines) is 1. The van der Waals surface area contributed by atoms with Gasteiger partial charge in [0.25, 0.3) is 5.91 Å². The first-order valence-corrected chi connectivity index (χ1v) is 8.14. The van der Waals surface area contributed by atoms with E-state index < -0.39 is 5.60 Å². The maximum Gasteiger partial charge on any atom is 0.410 e. The maximum atomic E-state index is 12.5. The quantitative estimate of drug-likeness (QED) is 0.895. The molecule has 1 aromatic heterocycles. The number of hydrogen-bond donors (Lipinski definition) is 1. The van der Waals surface area contributed by atoms with Crippen molar-refractivity contribution < 1.29 is 14.3 Å². The van der Waals surface area contributed by atoms with E-state index in [9.17, 15) is 9.59 Å². The normalized spacial score (nSPS) is 15.9. The first-order valence-electron chi connectivity index (χ1n) is 8.14. The monoisotopic (exact) mass is 334 g/mol. The summed E-state index contributed by atoms with van der Waals surface area (Å²) in [4.78, 5) is 32.0. The zero-order valence-corrected chi connectivity index (χ0v) is 14.8. The van der Waals surface area contributed by atoms with Crippen LogP contribution in [0.4, 0.5) is 10.6 Å². The first-order chi connectivity index (χ1) is 11.2. The number of piperidine rings is 1. The van der Waals surface area contributed by atoms with E-state index in [1.807, 2.05) is 20.8 Å². The number of carbonyl (C=O) groups excluding carboxylic acids is 2. The second-order valence-electron chi connectivity index (χ2n) is 7.09. The molecule has 1 saturated heterocycles. The van der Waals surface area contributed by atoms with E-state index in [1.165, 1.54) is 6.20 Å². The second-order valence-corrected chi connectivity index (χ2v) is 7.09. The fourth-order valence-electron chi connectivity index (χ4n) is 2.66. The smallest absolute Gasteiger partial charge is 0.410 e. The van der Waals surface area contributed by atoms with E-state index in [1.54, 1.807) is 29.0 Å². The molecule has 7 heteroatoms. The fraction of sp³-hybridized carbons (Fsp3) is 0.588. The van der Waals surface area contributed by atoms with Crippen molar-refractivity contribution in [3.63, 3.8) is 0 Å². The Hall–Kier alpha value is -2.31. The Bertz CT molecular complexity index is 587. The molecule has 0 spiro atoms. The number of nitrogens with two attached hydrogens (primary N) is 1. The highest BCUT2D eigenvalue weighted by atomic mass is 16.6. The molecule has 1 aliphatic heterocycles. The Balaban J connectivity index is 1.90. The molecule has 1 aromatic rings. The average Bonchev–Trinajstić information content (AvgIpc) is 2.53. The number of amides is 2. The van der Waals surface area contributed by atoms with Gasteiger partial charge in [0.1, 0.15) is 11.4 Å². The fourth-order valence-corrected chi connectivity index (χ4v) is 2.66. The van der Waals surface area contributed by atoms with E-state index in [-0.39, 0.29) is 18.0 Å². The Morgan fingerprint density at radius 1 is 1.29 bits per heavy atom. The van der Waals surface area contributed by atoms with Crippen LogP contribution in [0.25, 0.3) is 0 Å². The van der Waals surface area contributed by atoms with Gasteiger partial charge in [0.15, 0.2) is 0 Å². The minimum Gasteiger partial charge on any atom is -0.444 e. The molecule has 2 N–H and O–H groups in total. The molecule has 1 fully saturated rings. The lowest BCUT2D eigenvalue weighted by Crippen LogP contribution is -2.48. The Morgan fingerprint density at radius 2 is 1.92 bits per heavy atom. The van der Waals surface area contributed by atoms with Crippen LogP contribution >= 0.6 is 0 Å². The van der Waals surface area contributed by atoms with Gasteiger partial charge in [-0.1, -0.05) is 0 Å². The van der Waals surface area contributed by atoms with Crippen LogP contribution in [0.2, 0.25) is 0 Å². The third-order valence-corrected chi connectivity index (χ3v) is 4.02. The van der Waals surface area contributed by atoms with Crippen LogP contribution < -0.4 is 5.73 Å². The number of ether oxygens (including phenoxy) is 1. The van der Waals surface area contributed by atoms with E-state index in [0.717, 1.165) is 12.8 Å². The molecule has 2 rings (SSSR count). The van der Waals surface area contributed by atoms with Gasteiger partial charge < -0.3 is 20.3 Å². The third-order valence-electron chi connectivity index (χ3n) is 4.02. The largest absolute Gasteiger partial charge is 0.444 e. The number of anilines is 1. The predicted octanol–water partition coefficient (Wildman–Crippen LogP) is 2.14. The van der Waals surface area contributed by atoms with E-state index in [4.69, 9.17) is 10.5 Å². The van der Waals surface area contributed by atoms with Crippen LogP contribution in [0.1, 0.15) is 44.0 Å². The van der Waals surface area contributed by atoms with Gasteiger partial charge in [0.2, 0.25) is 0 Å².